The predicted molar refractivity (Wildman–Crippen MR) is 183 cm³/mol. The first-order valence-electron chi connectivity index (χ1n) is 16.2. The molecular formula is C39H34FN5O2. The molecule has 1 saturated heterocycles. The molecule has 0 unspecified atom stereocenters. The summed E-state index contributed by atoms with van der Waals surface area (Å²) in [5.41, 5.74) is 9.53. The molecule has 7 aromatic rings. The van der Waals surface area contributed by atoms with Crippen LogP contribution in [0.2, 0.25) is 0 Å². The molecule has 1 aliphatic rings. The van der Waals surface area contributed by atoms with Crippen LogP contribution in [-0.2, 0) is 11.3 Å². The number of H-pyrrole nitrogens is 1. The van der Waals surface area contributed by atoms with E-state index in [0.29, 0.717) is 18.1 Å². The first-order chi connectivity index (χ1) is 23.1. The van der Waals surface area contributed by atoms with Gasteiger partial charge in [-0.05, 0) is 74.3 Å². The van der Waals surface area contributed by atoms with Crippen molar-refractivity contribution in [1.82, 2.24) is 24.3 Å². The third-order valence-electron chi connectivity index (χ3n) is 9.23. The standard InChI is InChI=1S/C39H34FN5O2/c1-2-47-39(46)30-24-45-34-11-7-6-10-32(34)41-36(37(45)35(30)26-8-4-3-5-9-26)27-14-12-25(13-15-27)23-44-20-18-28(19-21-44)38-42-31-17-16-29(40)22-33(31)43-38/h3-17,22,24,28H,2,18-21,23H2,1H3,(H,42,43). The Hall–Kier alpha value is -5.34. The Morgan fingerprint density at radius 1 is 0.894 bits per heavy atom. The number of piperidine rings is 1. The van der Waals surface area contributed by atoms with E-state index in [-0.39, 0.29) is 11.8 Å². The van der Waals surface area contributed by atoms with Crippen LogP contribution >= 0.6 is 0 Å². The number of halogens is 1. The Bertz CT molecular complexity index is 2230. The molecule has 7 nitrogen and oxygen atoms in total. The second-order valence-corrected chi connectivity index (χ2v) is 12.2. The topological polar surface area (TPSA) is 75.5 Å². The van der Waals surface area contributed by atoms with Crippen molar-refractivity contribution in [2.75, 3.05) is 19.7 Å². The fourth-order valence-corrected chi connectivity index (χ4v) is 6.91. The van der Waals surface area contributed by atoms with Crippen LogP contribution in [0.1, 0.15) is 47.4 Å². The van der Waals surface area contributed by atoms with Crippen LogP contribution in [0.15, 0.2) is 103 Å². The van der Waals surface area contributed by atoms with E-state index in [0.717, 1.165) is 88.3 Å². The van der Waals surface area contributed by atoms with E-state index >= 15 is 0 Å². The van der Waals surface area contributed by atoms with Gasteiger partial charge in [0.1, 0.15) is 11.6 Å². The molecule has 47 heavy (non-hydrogen) atoms. The molecule has 1 aliphatic heterocycles. The molecule has 1 N–H and O–H groups in total. The highest BCUT2D eigenvalue weighted by Crippen LogP contribution is 2.38. The lowest BCUT2D eigenvalue weighted by atomic mass is 9.95. The van der Waals surface area contributed by atoms with Crippen molar-refractivity contribution in [3.05, 3.63) is 126 Å². The Morgan fingerprint density at radius 2 is 1.66 bits per heavy atom. The highest BCUT2D eigenvalue weighted by Gasteiger charge is 2.26. The highest BCUT2D eigenvalue weighted by atomic mass is 19.1. The molecular weight excluding hydrogens is 589 g/mol. The van der Waals surface area contributed by atoms with E-state index < -0.39 is 0 Å². The van der Waals surface area contributed by atoms with Crippen molar-refractivity contribution in [3.63, 3.8) is 0 Å². The van der Waals surface area contributed by atoms with Gasteiger partial charge in [-0.3, -0.25) is 4.90 Å². The van der Waals surface area contributed by atoms with E-state index in [1.807, 2.05) is 67.7 Å². The number of nitrogens with one attached hydrogen (secondary N) is 1. The average Bonchev–Trinajstić information content (AvgIpc) is 3.72. The van der Waals surface area contributed by atoms with E-state index in [1.165, 1.54) is 17.7 Å². The lowest BCUT2D eigenvalue weighted by Gasteiger charge is -2.31. The van der Waals surface area contributed by atoms with Gasteiger partial charge in [0.15, 0.2) is 0 Å². The summed E-state index contributed by atoms with van der Waals surface area (Å²) in [6.07, 6.45) is 3.89. The normalized spacial score (nSPS) is 14.3. The van der Waals surface area contributed by atoms with Gasteiger partial charge in [-0.15, -0.1) is 0 Å². The molecule has 1 fully saturated rings. The molecule has 0 aliphatic carbocycles. The summed E-state index contributed by atoms with van der Waals surface area (Å²) in [6, 6.07) is 31.4. The van der Waals surface area contributed by atoms with E-state index in [4.69, 9.17) is 14.7 Å². The molecule has 4 heterocycles. The predicted octanol–water partition coefficient (Wildman–Crippen LogP) is 8.39. The Kier molecular flexibility index (Phi) is 7.50. The first kappa shape index (κ1) is 29.1. The lowest BCUT2D eigenvalue weighted by Crippen LogP contribution is -2.32. The number of hydrogen-bond acceptors (Lipinski definition) is 5. The fourth-order valence-electron chi connectivity index (χ4n) is 6.91. The van der Waals surface area contributed by atoms with Gasteiger partial charge in [0, 0.05) is 29.8 Å². The summed E-state index contributed by atoms with van der Waals surface area (Å²) < 4.78 is 21.3. The molecule has 0 spiro atoms. The number of benzene rings is 4. The summed E-state index contributed by atoms with van der Waals surface area (Å²) in [7, 11) is 0. The largest absolute Gasteiger partial charge is 0.462 e. The highest BCUT2D eigenvalue weighted by molar-refractivity contribution is 6.07. The first-order valence-corrected chi connectivity index (χ1v) is 16.2. The van der Waals surface area contributed by atoms with Crippen LogP contribution in [0.4, 0.5) is 4.39 Å². The smallest absolute Gasteiger partial charge is 0.340 e. The number of para-hydroxylation sites is 2. The number of nitrogens with zero attached hydrogens (tertiary/aromatic N) is 4. The van der Waals surface area contributed by atoms with Gasteiger partial charge in [0.2, 0.25) is 0 Å². The van der Waals surface area contributed by atoms with Gasteiger partial charge in [0.05, 0.1) is 45.4 Å². The van der Waals surface area contributed by atoms with Crippen LogP contribution < -0.4 is 0 Å². The second kappa shape index (κ2) is 12.1. The molecule has 4 aromatic carbocycles. The van der Waals surface area contributed by atoms with Crippen molar-refractivity contribution < 1.29 is 13.9 Å². The maximum absolute atomic E-state index is 13.7. The van der Waals surface area contributed by atoms with Crippen LogP contribution in [0, 0.1) is 5.82 Å². The minimum atomic E-state index is -0.349. The van der Waals surface area contributed by atoms with Gasteiger partial charge < -0.3 is 14.1 Å². The van der Waals surface area contributed by atoms with Crippen LogP contribution in [0.5, 0.6) is 0 Å². The number of ether oxygens (including phenoxy) is 1. The molecule has 234 valence electrons. The van der Waals surface area contributed by atoms with Crippen molar-refractivity contribution in [1.29, 1.82) is 0 Å². The van der Waals surface area contributed by atoms with E-state index in [9.17, 15) is 9.18 Å². The van der Waals surface area contributed by atoms with Gasteiger partial charge in [-0.1, -0.05) is 66.7 Å². The van der Waals surface area contributed by atoms with E-state index in [1.54, 1.807) is 6.07 Å². The molecule has 0 atom stereocenters. The zero-order valence-electron chi connectivity index (χ0n) is 26.1. The third kappa shape index (κ3) is 5.44. The molecule has 8 heteroatoms. The van der Waals surface area contributed by atoms with Gasteiger partial charge in [-0.2, -0.15) is 0 Å². The van der Waals surface area contributed by atoms with Gasteiger partial charge >= 0.3 is 5.97 Å². The molecule has 8 rings (SSSR count). The zero-order valence-corrected chi connectivity index (χ0v) is 26.1. The Labute approximate surface area is 271 Å². The monoisotopic (exact) mass is 623 g/mol. The summed E-state index contributed by atoms with van der Waals surface area (Å²) in [4.78, 5) is 29.0. The molecule has 0 radical (unpaired) electrons. The van der Waals surface area contributed by atoms with Crippen molar-refractivity contribution in [3.8, 4) is 22.4 Å². The summed E-state index contributed by atoms with van der Waals surface area (Å²) >= 11 is 0. The molecule has 0 bridgehead atoms. The van der Waals surface area contributed by atoms with Crippen LogP contribution in [0.25, 0.3) is 50.0 Å². The average molecular weight is 624 g/mol. The Balaban J connectivity index is 1.09. The van der Waals surface area contributed by atoms with Crippen molar-refractivity contribution >= 4 is 33.6 Å². The quantitative estimate of drug-likeness (QED) is 0.181. The minimum absolute atomic E-state index is 0.249. The zero-order chi connectivity index (χ0) is 31.9. The summed E-state index contributed by atoms with van der Waals surface area (Å²) in [5, 5.41) is 0. The SMILES string of the molecule is CCOC(=O)c1cn2c(c(-c3ccc(CN4CCC(c5nc6ccc(F)cc6[nH]5)CC4)cc3)nc3ccccc32)c1-c1ccccc1. The number of rotatable bonds is 7. The third-order valence-corrected chi connectivity index (χ3v) is 9.23. The number of carbonyl (C=O) groups excluding carboxylic acids is 1. The molecule has 0 saturated carbocycles. The van der Waals surface area contributed by atoms with Crippen molar-refractivity contribution in [2.45, 2.75) is 32.2 Å². The molecule has 0 amide bonds. The van der Waals surface area contributed by atoms with Crippen LogP contribution in [-0.4, -0.2) is 49.9 Å². The lowest BCUT2D eigenvalue weighted by molar-refractivity contribution is 0.0527. The number of carbonyl (C=O) groups is 1. The fraction of sp³-hybridized carbons (Fsp3) is 0.205. The number of imidazole rings is 1. The summed E-state index contributed by atoms with van der Waals surface area (Å²) in [5.74, 6) is 0.695. The van der Waals surface area contributed by atoms with Gasteiger partial charge in [-0.25, -0.2) is 19.2 Å². The number of likely N-dealkylation sites (tertiary alicyclic amines) is 1. The summed E-state index contributed by atoms with van der Waals surface area (Å²) in [6.45, 7) is 4.90. The number of esters is 1. The molecule has 3 aromatic heterocycles. The number of fused-ring (bicyclic) bond motifs is 4. The number of aromatic amines is 1. The minimum Gasteiger partial charge on any atom is -0.462 e. The second-order valence-electron chi connectivity index (χ2n) is 12.2. The number of hydrogen-bond donors (Lipinski definition) is 1. The Morgan fingerprint density at radius 3 is 2.45 bits per heavy atom. The maximum Gasteiger partial charge on any atom is 0.340 e. The van der Waals surface area contributed by atoms with E-state index in [2.05, 4.69) is 38.6 Å². The maximum atomic E-state index is 13.7. The van der Waals surface area contributed by atoms with Crippen molar-refractivity contribution in [2.24, 2.45) is 0 Å². The van der Waals surface area contributed by atoms with Gasteiger partial charge in [0.25, 0.3) is 0 Å². The van der Waals surface area contributed by atoms with Crippen LogP contribution in [0.3, 0.4) is 0 Å². The number of aromatic nitrogens is 4.